The van der Waals surface area contributed by atoms with Crippen molar-refractivity contribution >= 4 is 48.1 Å². The van der Waals surface area contributed by atoms with Gasteiger partial charge in [-0.3, -0.25) is 0 Å². The van der Waals surface area contributed by atoms with Gasteiger partial charge < -0.3 is 0 Å². The van der Waals surface area contributed by atoms with Gasteiger partial charge in [-0.1, -0.05) is 52.9 Å². The minimum absolute atomic E-state index is 0.636. The molecule has 0 N–H and O–H groups in total. The fourth-order valence-corrected chi connectivity index (χ4v) is 3.02. The Kier molecular flexibility index (Phi) is 13.9. The first-order valence-corrected chi connectivity index (χ1v) is 18.6. The van der Waals surface area contributed by atoms with Crippen LogP contribution in [0.2, 0.25) is 13.1 Å². The van der Waals surface area contributed by atoms with Crippen LogP contribution in [0.1, 0.15) is 50.7 Å². The van der Waals surface area contributed by atoms with E-state index < -0.39 is 20.8 Å². The van der Waals surface area contributed by atoms with Crippen LogP contribution in [0.4, 0.5) is 0 Å². The molecule has 0 atom stereocenters. The molecule has 4 aromatic rings. The number of rotatable bonds is 2. The predicted molar refractivity (Wildman–Crippen MR) is 136 cm³/mol. The number of fused-ring (bicyclic) bond motifs is 2. The van der Waals surface area contributed by atoms with Gasteiger partial charge in [-0.25, -0.2) is 0 Å². The van der Waals surface area contributed by atoms with E-state index in [2.05, 4.69) is 114 Å². The van der Waals surface area contributed by atoms with Gasteiger partial charge in [0, 0.05) is 9.52 Å². The molecule has 0 aromatic heterocycles. The molecule has 0 unspecified atom stereocenters. The van der Waals surface area contributed by atoms with Crippen molar-refractivity contribution in [2.75, 3.05) is 0 Å². The quantitative estimate of drug-likeness (QED) is 0.177. The Morgan fingerprint density at radius 2 is 1.00 bits per heavy atom. The van der Waals surface area contributed by atoms with Crippen LogP contribution in [0.5, 0.6) is 0 Å². The Morgan fingerprint density at radius 1 is 0.700 bits per heavy atom. The first kappa shape index (κ1) is 27.4. The third kappa shape index (κ3) is 9.23. The summed E-state index contributed by atoms with van der Waals surface area (Å²) in [6, 6.07) is 26.1. The Bertz CT molecular complexity index is 823. The number of hydrogen-bond acceptors (Lipinski definition) is 0. The van der Waals surface area contributed by atoms with Crippen LogP contribution >= 0.6 is 17.0 Å². The molecule has 0 bridgehead atoms. The average Bonchev–Trinajstić information content (AvgIpc) is 3.34. The molecule has 0 saturated carbocycles. The fraction of sp³-hybridized carbons (Fsp3) is 0.308. The normalized spacial score (nSPS) is 9.93. The minimum atomic E-state index is -0.826. The van der Waals surface area contributed by atoms with Crippen molar-refractivity contribution in [2.24, 2.45) is 0 Å². The SMILES string of the molecule is CC(C)c1cc2ccccc2[cH-]1.CC(C)c1cc2ccccc2[cH-]1.C[Si]C.[Cl][Zr+2][Cl]. The van der Waals surface area contributed by atoms with Gasteiger partial charge in [0.05, 0.1) is 0 Å². The summed E-state index contributed by atoms with van der Waals surface area (Å²) in [5.41, 5.74) is 2.88. The van der Waals surface area contributed by atoms with Crippen LogP contribution < -0.4 is 0 Å². The van der Waals surface area contributed by atoms with Gasteiger partial charge in [0.15, 0.2) is 0 Å². The second kappa shape index (κ2) is 15.2. The first-order chi connectivity index (χ1) is 14.4. The zero-order chi connectivity index (χ0) is 22.5. The molecular formula is C26H32Cl2SiZr. The standard InChI is InChI=1S/2C12H13.C2H6Si.2ClH.Zr/c2*1-9(2)12-7-10-5-3-4-6-11(10)8-12;1-3-2;;;/h2*3-9H,1-2H3;1-2H3;2*1H;/q2*-1;;;;+4/p-2. The topological polar surface area (TPSA) is 0 Å². The summed E-state index contributed by atoms with van der Waals surface area (Å²) in [5, 5.41) is 5.45. The summed E-state index contributed by atoms with van der Waals surface area (Å²) in [7, 11) is 11.0. The summed E-state index contributed by atoms with van der Waals surface area (Å²) in [5.74, 6) is 1.27. The number of benzene rings is 2. The molecule has 0 saturated heterocycles. The molecule has 30 heavy (non-hydrogen) atoms. The Hall–Kier alpha value is -0.660. The fourth-order valence-electron chi connectivity index (χ4n) is 3.02. The molecular weight excluding hydrogens is 503 g/mol. The Morgan fingerprint density at radius 3 is 1.27 bits per heavy atom. The van der Waals surface area contributed by atoms with Gasteiger partial charge >= 0.3 is 37.9 Å². The maximum atomic E-state index is 4.93. The first-order valence-electron chi connectivity index (χ1n) is 10.2. The van der Waals surface area contributed by atoms with E-state index >= 15 is 0 Å². The maximum absolute atomic E-state index is 4.93. The summed E-state index contributed by atoms with van der Waals surface area (Å²) in [6.45, 7) is 13.2. The van der Waals surface area contributed by atoms with Gasteiger partial charge in [-0.2, -0.15) is 12.1 Å². The van der Waals surface area contributed by atoms with Crippen LogP contribution in [0, 0.1) is 0 Å². The van der Waals surface area contributed by atoms with Crippen molar-refractivity contribution in [2.45, 2.75) is 52.6 Å². The average molecular weight is 535 g/mol. The van der Waals surface area contributed by atoms with E-state index in [1.807, 2.05) is 0 Å². The second-order valence-corrected chi connectivity index (χ2v) is 12.4. The number of hydrogen-bond donors (Lipinski definition) is 0. The molecule has 0 aliphatic rings. The van der Waals surface area contributed by atoms with E-state index in [1.54, 1.807) is 0 Å². The van der Waals surface area contributed by atoms with E-state index in [0.29, 0.717) is 11.8 Å². The molecule has 158 valence electrons. The van der Waals surface area contributed by atoms with Gasteiger partial charge in [0.1, 0.15) is 0 Å². The van der Waals surface area contributed by atoms with Gasteiger partial charge in [-0.15, -0.1) is 81.2 Å². The van der Waals surface area contributed by atoms with Crippen LogP contribution in [0.25, 0.3) is 21.5 Å². The Labute approximate surface area is 204 Å². The zero-order valence-electron chi connectivity index (χ0n) is 18.8. The molecule has 0 spiro atoms. The van der Waals surface area contributed by atoms with E-state index in [0.717, 1.165) is 9.52 Å². The van der Waals surface area contributed by atoms with Crippen LogP contribution in [-0.2, 0) is 20.8 Å². The van der Waals surface area contributed by atoms with Crippen LogP contribution in [0.3, 0.4) is 0 Å². The van der Waals surface area contributed by atoms with Crippen molar-refractivity contribution in [1.29, 1.82) is 0 Å². The van der Waals surface area contributed by atoms with Crippen molar-refractivity contribution in [3.8, 4) is 0 Å². The van der Waals surface area contributed by atoms with E-state index in [4.69, 9.17) is 17.0 Å². The number of halogens is 2. The Balaban J connectivity index is 0.000000239. The summed E-state index contributed by atoms with van der Waals surface area (Å²) >= 11 is -0.826. The molecule has 0 aliphatic carbocycles. The molecule has 2 radical (unpaired) electrons. The van der Waals surface area contributed by atoms with Crippen LogP contribution in [-0.4, -0.2) is 9.52 Å². The monoisotopic (exact) mass is 532 g/mol. The second-order valence-electron chi connectivity index (χ2n) is 7.72. The molecule has 0 nitrogen and oxygen atoms in total. The molecule has 4 rings (SSSR count). The van der Waals surface area contributed by atoms with Gasteiger partial charge in [-0.05, 0) is 11.8 Å². The van der Waals surface area contributed by atoms with Crippen molar-refractivity contribution < 1.29 is 20.8 Å². The van der Waals surface area contributed by atoms with Gasteiger partial charge in [0.25, 0.3) is 0 Å². The predicted octanol–water partition coefficient (Wildman–Crippen LogP) is 9.53. The third-order valence-electron chi connectivity index (χ3n) is 4.61. The van der Waals surface area contributed by atoms with Crippen molar-refractivity contribution in [3.63, 3.8) is 0 Å². The third-order valence-corrected chi connectivity index (χ3v) is 4.61. The van der Waals surface area contributed by atoms with E-state index in [-0.39, 0.29) is 0 Å². The summed E-state index contributed by atoms with van der Waals surface area (Å²) in [6.07, 6.45) is 0. The van der Waals surface area contributed by atoms with E-state index in [9.17, 15) is 0 Å². The molecule has 4 aromatic carbocycles. The van der Waals surface area contributed by atoms with Crippen molar-refractivity contribution in [3.05, 3.63) is 83.9 Å². The van der Waals surface area contributed by atoms with Crippen molar-refractivity contribution in [1.82, 2.24) is 0 Å². The molecule has 4 heteroatoms. The molecule has 0 heterocycles. The molecule has 0 amide bonds. The summed E-state index contributed by atoms with van der Waals surface area (Å²) in [4.78, 5) is 0. The van der Waals surface area contributed by atoms with Gasteiger partial charge in [0.2, 0.25) is 0 Å². The van der Waals surface area contributed by atoms with E-state index in [1.165, 1.54) is 32.7 Å². The zero-order valence-corrected chi connectivity index (χ0v) is 23.8. The van der Waals surface area contributed by atoms with Crippen LogP contribution in [0.15, 0.2) is 72.8 Å². The molecule has 0 aliphatic heterocycles. The molecule has 0 fully saturated rings. The summed E-state index contributed by atoms with van der Waals surface area (Å²) < 4.78 is 0.